The van der Waals surface area contributed by atoms with Gasteiger partial charge in [-0.2, -0.15) is 0 Å². The molecule has 0 radical (unpaired) electrons. The molecule has 0 unspecified atom stereocenters. The Hall–Kier alpha value is -3.45. The van der Waals surface area contributed by atoms with Crippen LogP contribution >= 0.6 is 11.3 Å². The van der Waals surface area contributed by atoms with Gasteiger partial charge in [-0.05, 0) is 55.6 Å². The molecule has 0 saturated carbocycles. The molecule has 0 spiro atoms. The molecule has 0 aliphatic rings. The number of ether oxygens (including phenoxy) is 1. The molecule has 2 amide bonds. The van der Waals surface area contributed by atoms with Gasteiger partial charge >= 0.3 is 5.97 Å². The molecule has 6 nitrogen and oxygen atoms in total. The molecule has 30 heavy (non-hydrogen) atoms. The van der Waals surface area contributed by atoms with Gasteiger partial charge in [0.05, 0.1) is 10.4 Å². The Bertz CT molecular complexity index is 1020. The lowest BCUT2D eigenvalue weighted by molar-refractivity contribution is -0.122. The minimum atomic E-state index is -0.632. The monoisotopic (exact) mass is 422 g/mol. The van der Waals surface area contributed by atoms with Crippen LogP contribution in [0.4, 0.5) is 11.4 Å². The van der Waals surface area contributed by atoms with Gasteiger partial charge in [0, 0.05) is 17.4 Å². The van der Waals surface area contributed by atoms with Crippen LogP contribution in [0.3, 0.4) is 0 Å². The van der Waals surface area contributed by atoms with E-state index in [1.165, 1.54) is 17.4 Å². The Morgan fingerprint density at radius 1 is 1.00 bits per heavy atom. The van der Waals surface area contributed by atoms with Crippen LogP contribution in [0.15, 0.2) is 72.1 Å². The van der Waals surface area contributed by atoms with E-state index in [0.29, 0.717) is 10.6 Å². The number of nitrogens with one attached hydrogen (secondary N) is 1. The normalized spacial score (nSPS) is 10.5. The summed E-state index contributed by atoms with van der Waals surface area (Å²) in [6.45, 7) is 3.41. The fourth-order valence-electron chi connectivity index (χ4n) is 2.92. The van der Waals surface area contributed by atoms with Crippen molar-refractivity contribution >= 4 is 40.5 Å². The second-order valence-electron chi connectivity index (χ2n) is 6.78. The van der Waals surface area contributed by atoms with Gasteiger partial charge in [0.2, 0.25) is 0 Å². The number of amides is 2. The molecule has 1 heterocycles. The lowest BCUT2D eigenvalue weighted by atomic mass is 10.2. The maximum atomic E-state index is 12.7. The van der Waals surface area contributed by atoms with Gasteiger partial charge in [0.25, 0.3) is 11.8 Å². The average Bonchev–Trinajstić information content (AvgIpc) is 3.28. The fourth-order valence-corrected chi connectivity index (χ4v) is 3.54. The molecule has 7 heteroatoms. The van der Waals surface area contributed by atoms with Crippen LogP contribution in [0, 0.1) is 0 Å². The van der Waals surface area contributed by atoms with Gasteiger partial charge in [-0.25, -0.2) is 4.79 Å². The Balaban J connectivity index is 1.63. The number of nitrogens with zero attached hydrogens (tertiary/aromatic N) is 1. The van der Waals surface area contributed by atoms with Crippen molar-refractivity contribution in [3.63, 3.8) is 0 Å². The minimum Gasteiger partial charge on any atom is -0.452 e. The first kappa shape index (κ1) is 21.3. The molecule has 1 aromatic heterocycles. The van der Waals surface area contributed by atoms with E-state index >= 15 is 0 Å². The summed E-state index contributed by atoms with van der Waals surface area (Å²) in [6, 6.07) is 19.1. The summed E-state index contributed by atoms with van der Waals surface area (Å²) in [5.74, 6) is -1.19. The minimum absolute atomic E-state index is 0.0885. The second kappa shape index (κ2) is 9.84. The quantitative estimate of drug-likeness (QED) is 0.565. The smallest absolute Gasteiger partial charge is 0.338 e. The molecule has 0 aliphatic heterocycles. The first-order valence-electron chi connectivity index (χ1n) is 9.45. The lowest BCUT2D eigenvalue weighted by Gasteiger charge is -2.26. The van der Waals surface area contributed by atoms with Gasteiger partial charge in [-0.1, -0.05) is 30.3 Å². The van der Waals surface area contributed by atoms with Crippen LogP contribution in [-0.4, -0.2) is 30.4 Å². The molecule has 154 valence electrons. The zero-order valence-electron chi connectivity index (χ0n) is 16.7. The van der Waals surface area contributed by atoms with Crippen molar-refractivity contribution in [1.29, 1.82) is 0 Å². The largest absolute Gasteiger partial charge is 0.452 e. The molecule has 3 aromatic rings. The van der Waals surface area contributed by atoms with E-state index in [4.69, 9.17) is 4.74 Å². The van der Waals surface area contributed by atoms with Gasteiger partial charge in [0.1, 0.15) is 0 Å². The standard InChI is InChI=1S/C23H22N2O4S/c1-16(2)25(19-10-4-3-5-11-19)21(26)15-29-23(28)17-8-6-9-18(14-17)24-22(27)20-12-7-13-30-20/h3-14,16H,15H2,1-2H3,(H,24,27). The fraction of sp³-hybridized carbons (Fsp3) is 0.174. The zero-order valence-corrected chi connectivity index (χ0v) is 17.5. The third kappa shape index (κ3) is 5.33. The number of hydrogen-bond donors (Lipinski definition) is 1. The van der Waals surface area contributed by atoms with Gasteiger partial charge in [0.15, 0.2) is 6.61 Å². The highest BCUT2D eigenvalue weighted by atomic mass is 32.1. The van der Waals surface area contributed by atoms with Crippen LogP contribution in [0.2, 0.25) is 0 Å². The van der Waals surface area contributed by atoms with Crippen molar-refractivity contribution in [2.75, 3.05) is 16.8 Å². The third-order valence-electron chi connectivity index (χ3n) is 4.25. The van der Waals surface area contributed by atoms with E-state index in [1.54, 1.807) is 35.2 Å². The topological polar surface area (TPSA) is 75.7 Å². The van der Waals surface area contributed by atoms with E-state index in [1.807, 2.05) is 49.6 Å². The van der Waals surface area contributed by atoms with E-state index in [2.05, 4.69) is 5.32 Å². The Kier molecular flexibility index (Phi) is 6.98. The van der Waals surface area contributed by atoms with Crippen LogP contribution in [0.25, 0.3) is 0 Å². The summed E-state index contributed by atoms with van der Waals surface area (Å²) in [5, 5.41) is 4.56. The van der Waals surface area contributed by atoms with Crippen molar-refractivity contribution in [1.82, 2.24) is 0 Å². The summed E-state index contributed by atoms with van der Waals surface area (Å²) in [7, 11) is 0. The van der Waals surface area contributed by atoms with E-state index in [0.717, 1.165) is 5.69 Å². The highest BCUT2D eigenvalue weighted by Crippen LogP contribution is 2.18. The molecule has 2 aromatic carbocycles. The van der Waals surface area contributed by atoms with E-state index < -0.39 is 5.97 Å². The van der Waals surface area contributed by atoms with Gasteiger partial charge < -0.3 is 15.0 Å². The summed E-state index contributed by atoms with van der Waals surface area (Å²) >= 11 is 1.33. The van der Waals surface area contributed by atoms with Crippen molar-refractivity contribution in [3.8, 4) is 0 Å². The van der Waals surface area contributed by atoms with Crippen LogP contribution in [-0.2, 0) is 9.53 Å². The SMILES string of the molecule is CC(C)N(C(=O)COC(=O)c1cccc(NC(=O)c2cccs2)c1)c1ccccc1. The predicted molar refractivity (Wildman–Crippen MR) is 118 cm³/mol. The number of carbonyl (C=O) groups excluding carboxylic acids is 3. The third-order valence-corrected chi connectivity index (χ3v) is 5.12. The number of anilines is 2. The summed E-state index contributed by atoms with van der Waals surface area (Å²) < 4.78 is 5.23. The summed E-state index contributed by atoms with van der Waals surface area (Å²) in [4.78, 5) is 39.4. The zero-order chi connectivity index (χ0) is 21.5. The highest BCUT2D eigenvalue weighted by molar-refractivity contribution is 7.12. The number of hydrogen-bond acceptors (Lipinski definition) is 5. The summed E-state index contributed by atoms with van der Waals surface area (Å²) in [6.07, 6.45) is 0. The first-order chi connectivity index (χ1) is 14.5. The lowest BCUT2D eigenvalue weighted by Crippen LogP contribution is -2.39. The van der Waals surface area contributed by atoms with E-state index in [-0.39, 0.29) is 30.0 Å². The molecule has 0 atom stereocenters. The van der Waals surface area contributed by atoms with Crippen LogP contribution < -0.4 is 10.2 Å². The Morgan fingerprint density at radius 3 is 2.43 bits per heavy atom. The molecule has 1 N–H and O–H groups in total. The molecular weight excluding hydrogens is 400 g/mol. The van der Waals surface area contributed by atoms with Crippen LogP contribution in [0.5, 0.6) is 0 Å². The number of carbonyl (C=O) groups is 3. The maximum absolute atomic E-state index is 12.7. The molecule has 3 rings (SSSR count). The molecule has 0 aliphatic carbocycles. The van der Waals surface area contributed by atoms with Crippen molar-refractivity contribution in [2.24, 2.45) is 0 Å². The van der Waals surface area contributed by atoms with Crippen molar-refractivity contribution in [2.45, 2.75) is 19.9 Å². The number of benzene rings is 2. The molecular formula is C23H22N2O4S. The van der Waals surface area contributed by atoms with Gasteiger partial charge in [-0.15, -0.1) is 11.3 Å². The van der Waals surface area contributed by atoms with Crippen molar-refractivity contribution in [3.05, 3.63) is 82.6 Å². The molecule has 0 bridgehead atoms. The first-order valence-corrected chi connectivity index (χ1v) is 10.3. The molecule has 0 saturated heterocycles. The van der Waals surface area contributed by atoms with E-state index in [9.17, 15) is 14.4 Å². The molecule has 0 fully saturated rings. The number of para-hydroxylation sites is 1. The maximum Gasteiger partial charge on any atom is 0.338 e. The average molecular weight is 423 g/mol. The van der Waals surface area contributed by atoms with Gasteiger partial charge in [-0.3, -0.25) is 9.59 Å². The van der Waals surface area contributed by atoms with Crippen molar-refractivity contribution < 1.29 is 19.1 Å². The summed E-state index contributed by atoms with van der Waals surface area (Å²) in [5.41, 5.74) is 1.47. The second-order valence-corrected chi connectivity index (χ2v) is 7.73. The number of rotatable bonds is 7. The predicted octanol–water partition coefficient (Wildman–Crippen LogP) is 4.60. The number of esters is 1. The highest BCUT2D eigenvalue weighted by Gasteiger charge is 2.21. The Labute approximate surface area is 179 Å². The van der Waals surface area contributed by atoms with Crippen LogP contribution in [0.1, 0.15) is 33.9 Å². The number of thiophene rings is 1. The Morgan fingerprint density at radius 2 is 1.77 bits per heavy atom.